The lowest BCUT2D eigenvalue weighted by atomic mass is 10.0. The van der Waals surface area contributed by atoms with E-state index in [9.17, 15) is 9.59 Å². The van der Waals surface area contributed by atoms with E-state index in [0.29, 0.717) is 6.54 Å². The minimum atomic E-state index is -0.450. The second-order valence-electron chi connectivity index (χ2n) is 4.12. The van der Waals surface area contributed by atoms with Crippen LogP contribution in [0, 0.1) is 0 Å². The summed E-state index contributed by atoms with van der Waals surface area (Å²) in [5.74, 6) is -0.450. The summed E-state index contributed by atoms with van der Waals surface area (Å²) in [6.07, 6.45) is 1.92. The Labute approximate surface area is 106 Å². The number of methoxy groups -OCH3 is 1. The summed E-state index contributed by atoms with van der Waals surface area (Å²) in [5, 5.41) is 2.56. The molecule has 1 aliphatic rings. The van der Waals surface area contributed by atoms with Gasteiger partial charge in [-0.25, -0.2) is 4.79 Å². The van der Waals surface area contributed by atoms with Crippen molar-refractivity contribution in [1.82, 2.24) is 5.32 Å². The summed E-state index contributed by atoms with van der Waals surface area (Å²) in [6, 6.07) is 7.56. The van der Waals surface area contributed by atoms with E-state index in [1.807, 2.05) is 24.3 Å². The van der Waals surface area contributed by atoms with Crippen LogP contribution in [-0.4, -0.2) is 32.2 Å². The fourth-order valence-electron chi connectivity index (χ4n) is 2.06. The highest BCUT2D eigenvalue weighted by molar-refractivity contribution is 5.94. The van der Waals surface area contributed by atoms with Crippen molar-refractivity contribution >= 4 is 17.7 Å². The first kappa shape index (κ1) is 12.4. The zero-order valence-corrected chi connectivity index (χ0v) is 10.3. The van der Waals surface area contributed by atoms with E-state index in [4.69, 9.17) is 0 Å². The van der Waals surface area contributed by atoms with Crippen LogP contribution in [0.5, 0.6) is 0 Å². The molecule has 0 saturated heterocycles. The van der Waals surface area contributed by atoms with E-state index in [2.05, 4.69) is 10.1 Å². The van der Waals surface area contributed by atoms with Crippen LogP contribution in [0.3, 0.4) is 0 Å². The number of nitrogens with one attached hydrogen (secondary N) is 1. The highest BCUT2D eigenvalue weighted by Crippen LogP contribution is 2.26. The molecule has 1 aromatic carbocycles. The Morgan fingerprint density at radius 1 is 1.39 bits per heavy atom. The molecule has 0 unspecified atom stereocenters. The Morgan fingerprint density at radius 3 is 2.94 bits per heavy atom. The van der Waals surface area contributed by atoms with Crippen molar-refractivity contribution in [3.8, 4) is 0 Å². The van der Waals surface area contributed by atoms with Gasteiger partial charge in [-0.05, 0) is 24.5 Å². The lowest BCUT2D eigenvalue weighted by molar-refractivity contribution is -0.139. The molecule has 0 bridgehead atoms. The number of nitrogens with zero attached hydrogens (tertiary/aromatic N) is 1. The van der Waals surface area contributed by atoms with Gasteiger partial charge in [-0.3, -0.25) is 9.69 Å². The normalized spacial score (nSPS) is 13.7. The van der Waals surface area contributed by atoms with Crippen LogP contribution in [0.25, 0.3) is 0 Å². The predicted octanol–water partition coefficient (Wildman–Crippen LogP) is 1.32. The van der Waals surface area contributed by atoms with E-state index in [1.165, 1.54) is 7.11 Å². The van der Waals surface area contributed by atoms with Gasteiger partial charge in [-0.2, -0.15) is 0 Å². The van der Waals surface area contributed by atoms with Crippen LogP contribution < -0.4 is 10.2 Å². The average Bonchev–Trinajstić information content (AvgIpc) is 2.43. The number of carbonyl (C=O) groups is 2. The summed E-state index contributed by atoms with van der Waals surface area (Å²) >= 11 is 0. The first-order valence-corrected chi connectivity index (χ1v) is 5.92. The van der Waals surface area contributed by atoms with Crippen LogP contribution in [0.1, 0.15) is 12.0 Å². The Balaban J connectivity index is 2.06. The van der Waals surface area contributed by atoms with Gasteiger partial charge in [0.2, 0.25) is 0 Å². The number of amides is 2. The summed E-state index contributed by atoms with van der Waals surface area (Å²) in [6.45, 7) is 0.567. The van der Waals surface area contributed by atoms with Gasteiger partial charge in [0.15, 0.2) is 0 Å². The Bertz CT molecular complexity index is 459. The van der Waals surface area contributed by atoms with Gasteiger partial charge in [0.05, 0.1) is 7.11 Å². The van der Waals surface area contributed by atoms with Crippen molar-refractivity contribution in [2.75, 3.05) is 25.1 Å². The minimum absolute atomic E-state index is 0.103. The van der Waals surface area contributed by atoms with Gasteiger partial charge in [0.1, 0.15) is 6.54 Å². The van der Waals surface area contributed by atoms with Crippen LogP contribution in [0.15, 0.2) is 24.3 Å². The van der Waals surface area contributed by atoms with Crippen molar-refractivity contribution in [2.45, 2.75) is 12.8 Å². The first-order valence-electron chi connectivity index (χ1n) is 5.92. The Kier molecular flexibility index (Phi) is 3.82. The van der Waals surface area contributed by atoms with Crippen LogP contribution in [0.4, 0.5) is 10.5 Å². The lowest BCUT2D eigenvalue weighted by Gasteiger charge is -2.29. The minimum Gasteiger partial charge on any atom is -0.468 e. The molecule has 5 nitrogen and oxygen atoms in total. The summed E-state index contributed by atoms with van der Waals surface area (Å²) < 4.78 is 4.49. The number of benzene rings is 1. The Morgan fingerprint density at radius 2 is 2.17 bits per heavy atom. The molecule has 0 radical (unpaired) electrons. The van der Waals surface area contributed by atoms with Crippen molar-refractivity contribution in [3.63, 3.8) is 0 Å². The highest BCUT2D eigenvalue weighted by Gasteiger charge is 2.22. The molecule has 2 rings (SSSR count). The smallest absolute Gasteiger partial charge is 0.325 e. The van der Waals surface area contributed by atoms with E-state index in [1.54, 1.807) is 4.90 Å². The third kappa shape index (κ3) is 2.61. The summed E-state index contributed by atoms with van der Waals surface area (Å²) in [5.41, 5.74) is 2.09. The number of rotatable bonds is 2. The molecule has 2 amide bonds. The molecule has 0 aliphatic carbocycles. The topological polar surface area (TPSA) is 58.6 Å². The maximum Gasteiger partial charge on any atom is 0.325 e. The zero-order valence-electron chi connectivity index (χ0n) is 10.3. The number of anilines is 1. The molecule has 1 N–H and O–H groups in total. The molecule has 0 saturated carbocycles. The van der Waals surface area contributed by atoms with Gasteiger partial charge in [0.25, 0.3) is 0 Å². The number of hydrogen-bond acceptors (Lipinski definition) is 3. The molecular formula is C13H16N2O3. The number of hydrogen-bond donors (Lipinski definition) is 1. The van der Waals surface area contributed by atoms with Gasteiger partial charge >= 0.3 is 12.0 Å². The highest BCUT2D eigenvalue weighted by atomic mass is 16.5. The van der Waals surface area contributed by atoms with E-state index < -0.39 is 5.97 Å². The predicted molar refractivity (Wildman–Crippen MR) is 67.5 cm³/mol. The molecule has 1 heterocycles. The molecular weight excluding hydrogens is 232 g/mol. The van der Waals surface area contributed by atoms with Gasteiger partial charge in [-0.1, -0.05) is 18.2 Å². The van der Waals surface area contributed by atoms with Crippen molar-refractivity contribution in [1.29, 1.82) is 0 Å². The molecule has 0 spiro atoms. The largest absolute Gasteiger partial charge is 0.468 e. The van der Waals surface area contributed by atoms with Crippen LogP contribution in [-0.2, 0) is 16.0 Å². The van der Waals surface area contributed by atoms with Gasteiger partial charge in [0, 0.05) is 12.2 Å². The second kappa shape index (κ2) is 5.53. The SMILES string of the molecule is COC(=O)CNC(=O)N1CCCc2ccccc21. The van der Waals surface area contributed by atoms with E-state index in [-0.39, 0.29) is 12.6 Å². The fourth-order valence-corrected chi connectivity index (χ4v) is 2.06. The van der Waals surface area contributed by atoms with Crippen molar-refractivity contribution < 1.29 is 14.3 Å². The van der Waals surface area contributed by atoms with Crippen molar-refractivity contribution in [2.24, 2.45) is 0 Å². The standard InChI is InChI=1S/C13H16N2O3/c1-18-12(16)9-14-13(17)15-8-4-6-10-5-2-3-7-11(10)15/h2-3,5,7H,4,6,8-9H2,1H3,(H,14,17). The van der Waals surface area contributed by atoms with E-state index >= 15 is 0 Å². The molecule has 0 aromatic heterocycles. The Hall–Kier alpha value is -2.04. The third-order valence-electron chi connectivity index (χ3n) is 2.97. The average molecular weight is 248 g/mol. The van der Waals surface area contributed by atoms with Crippen LogP contribution in [0.2, 0.25) is 0 Å². The molecule has 1 aromatic rings. The maximum absolute atomic E-state index is 12.0. The second-order valence-corrected chi connectivity index (χ2v) is 4.12. The maximum atomic E-state index is 12.0. The van der Waals surface area contributed by atoms with Crippen molar-refractivity contribution in [3.05, 3.63) is 29.8 Å². The number of aryl methyl sites for hydroxylation is 1. The monoisotopic (exact) mass is 248 g/mol. The molecule has 5 heteroatoms. The quantitative estimate of drug-likeness (QED) is 0.803. The van der Waals surface area contributed by atoms with Gasteiger partial charge in [-0.15, -0.1) is 0 Å². The molecule has 18 heavy (non-hydrogen) atoms. The third-order valence-corrected chi connectivity index (χ3v) is 2.97. The number of para-hydroxylation sites is 1. The number of urea groups is 1. The number of fused-ring (bicyclic) bond motifs is 1. The molecule has 0 fully saturated rings. The number of ether oxygens (including phenoxy) is 1. The fraction of sp³-hybridized carbons (Fsp3) is 0.385. The van der Waals surface area contributed by atoms with E-state index in [0.717, 1.165) is 24.1 Å². The zero-order chi connectivity index (χ0) is 13.0. The van der Waals surface area contributed by atoms with Gasteiger partial charge < -0.3 is 10.1 Å². The van der Waals surface area contributed by atoms with Crippen LogP contribution >= 0.6 is 0 Å². The summed E-state index contributed by atoms with van der Waals surface area (Å²) in [7, 11) is 1.30. The number of esters is 1. The number of carbonyl (C=O) groups excluding carboxylic acids is 2. The molecule has 96 valence electrons. The summed E-state index contributed by atoms with van der Waals surface area (Å²) in [4.78, 5) is 24.6. The molecule has 1 aliphatic heterocycles. The first-order chi connectivity index (χ1) is 8.72. The lowest BCUT2D eigenvalue weighted by Crippen LogP contribution is -2.44. The molecule has 0 atom stereocenters.